The maximum Gasteiger partial charge on any atom is 0.433 e. The molecule has 7 nitrogen and oxygen atoms in total. The second kappa shape index (κ2) is 6.04. The molecular formula is C13H19N3O4. The Kier molecular flexibility index (Phi) is 4.39. The van der Waals surface area contributed by atoms with E-state index in [-0.39, 0.29) is 17.7 Å². The number of hydrogen-bond donors (Lipinski definition) is 1. The van der Waals surface area contributed by atoms with Gasteiger partial charge >= 0.3 is 5.88 Å². The minimum absolute atomic E-state index is 0.0231. The van der Waals surface area contributed by atoms with Crippen molar-refractivity contribution in [2.24, 2.45) is 0 Å². The van der Waals surface area contributed by atoms with Gasteiger partial charge in [-0.3, -0.25) is 14.9 Å². The van der Waals surface area contributed by atoms with E-state index >= 15 is 0 Å². The third-order valence-electron chi connectivity index (χ3n) is 3.96. The highest BCUT2D eigenvalue weighted by Gasteiger charge is 2.28. The van der Waals surface area contributed by atoms with Crippen LogP contribution in [-0.4, -0.2) is 41.9 Å². The quantitative estimate of drug-likeness (QED) is 0.671. The number of nitrogens with zero attached hydrogens (tertiary/aromatic N) is 2. The molecule has 0 saturated heterocycles. The van der Waals surface area contributed by atoms with Crippen LogP contribution in [0.2, 0.25) is 0 Å². The summed E-state index contributed by atoms with van der Waals surface area (Å²) in [6.07, 6.45) is 3.90. The number of carbonyl (C=O) groups is 1. The van der Waals surface area contributed by atoms with Gasteiger partial charge in [0.2, 0.25) is 0 Å². The predicted octanol–water partition coefficient (Wildman–Crippen LogP) is 1.79. The summed E-state index contributed by atoms with van der Waals surface area (Å²) < 4.78 is 4.96. The smallest absolute Gasteiger partial charge is 0.395 e. The van der Waals surface area contributed by atoms with Crippen LogP contribution in [0.1, 0.15) is 36.2 Å². The third kappa shape index (κ3) is 2.98. The Labute approximate surface area is 117 Å². The lowest BCUT2D eigenvalue weighted by atomic mass is 9.90. The van der Waals surface area contributed by atoms with E-state index in [1.165, 1.54) is 12.1 Å². The lowest BCUT2D eigenvalue weighted by Gasteiger charge is -2.34. The molecule has 0 atom stereocenters. The lowest BCUT2D eigenvalue weighted by molar-refractivity contribution is -0.402. The molecule has 20 heavy (non-hydrogen) atoms. The summed E-state index contributed by atoms with van der Waals surface area (Å²) in [4.78, 5) is 23.8. The van der Waals surface area contributed by atoms with Crippen LogP contribution in [0.15, 0.2) is 16.5 Å². The van der Waals surface area contributed by atoms with E-state index in [1.54, 1.807) is 11.9 Å². The summed E-state index contributed by atoms with van der Waals surface area (Å²) >= 11 is 0. The highest BCUT2D eigenvalue weighted by molar-refractivity contribution is 5.91. The number of carbonyl (C=O) groups excluding carboxylic acids is 1. The normalized spacial score (nSPS) is 22.5. The molecule has 0 radical (unpaired) electrons. The van der Waals surface area contributed by atoms with Gasteiger partial charge < -0.3 is 14.6 Å². The van der Waals surface area contributed by atoms with E-state index in [9.17, 15) is 14.9 Å². The third-order valence-corrected chi connectivity index (χ3v) is 3.96. The number of amides is 1. The molecule has 1 N–H and O–H groups in total. The largest absolute Gasteiger partial charge is 0.433 e. The van der Waals surface area contributed by atoms with Crippen LogP contribution in [0.4, 0.5) is 5.88 Å². The van der Waals surface area contributed by atoms with Crippen LogP contribution in [0, 0.1) is 10.1 Å². The number of nitrogens with one attached hydrogen (secondary N) is 1. The SMILES string of the molecule is CNC1CCC(N(C)C(=O)c2ccc([N+](=O)[O-])o2)CC1. The van der Waals surface area contributed by atoms with E-state index in [2.05, 4.69) is 5.32 Å². The molecule has 1 aromatic heterocycles. The molecule has 1 aromatic rings. The van der Waals surface area contributed by atoms with Gasteiger partial charge in [-0.25, -0.2) is 0 Å². The first-order chi connectivity index (χ1) is 9.52. The molecular weight excluding hydrogens is 262 g/mol. The van der Waals surface area contributed by atoms with E-state index in [4.69, 9.17) is 4.42 Å². The fourth-order valence-electron chi connectivity index (χ4n) is 2.63. The van der Waals surface area contributed by atoms with Crippen molar-refractivity contribution in [3.63, 3.8) is 0 Å². The summed E-state index contributed by atoms with van der Waals surface area (Å²) in [6, 6.07) is 3.24. The van der Waals surface area contributed by atoms with Crippen LogP contribution in [0.3, 0.4) is 0 Å². The highest BCUT2D eigenvalue weighted by atomic mass is 16.6. The maximum absolute atomic E-state index is 12.2. The van der Waals surface area contributed by atoms with Gasteiger partial charge in [-0.05, 0) is 38.8 Å². The van der Waals surface area contributed by atoms with Crippen molar-refractivity contribution in [2.45, 2.75) is 37.8 Å². The van der Waals surface area contributed by atoms with Crippen LogP contribution < -0.4 is 5.32 Å². The molecule has 2 rings (SSSR count). The Hall–Kier alpha value is -1.89. The molecule has 0 aromatic carbocycles. The molecule has 1 aliphatic rings. The van der Waals surface area contributed by atoms with Crippen molar-refractivity contribution in [3.05, 3.63) is 28.0 Å². The second-order valence-corrected chi connectivity index (χ2v) is 5.11. The van der Waals surface area contributed by atoms with E-state index in [0.717, 1.165) is 25.7 Å². The van der Waals surface area contributed by atoms with E-state index in [0.29, 0.717) is 6.04 Å². The summed E-state index contributed by atoms with van der Waals surface area (Å²) in [5.74, 6) is -0.679. The van der Waals surface area contributed by atoms with Crippen molar-refractivity contribution >= 4 is 11.8 Å². The Morgan fingerprint density at radius 1 is 1.40 bits per heavy atom. The zero-order chi connectivity index (χ0) is 14.7. The molecule has 0 unspecified atom stereocenters. The van der Waals surface area contributed by atoms with Crippen molar-refractivity contribution in [1.82, 2.24) is 10.2 Å². The predicted molar refractivity (Wildman–Crippen MR) is 72.6 cm³/mol. The Balaban J connectivity index is 1.99. The van der Waals surface area contributed by atoms with Crippen molar-refractivity contribution in [1.29, 1.82) is 0 Å². The molecule has 0 spiro atoms. The Morgan fingerprint density at radius 3 is 2.55 bits per heavy atom. The first kappa shape index (κ1) is 14.5. The van der Waals surface area contributed by atoms with Gasteiger partial charge in [0.15, 0.2) is 5.76 Å². The van der Waals surface area contributed by atoms with Crippen LogP contribution >= 0.6 is 0 Å². The van der Waals surface area contributed by atoms with Gasteiger partial charge in [0.1, 0.15) is 4.92 Å². The van der Waals surface area contributed by atoms with Crippen molar-refractivity contribution in [3.8, 4) is 0 Å². The molecule has 1 aliphatic carbocycles. The minimum Gasteiger partial charge on any atom is -0.395 e. The van der Waals surface area contributed by atoms with Crippen molar-refractivity contribution in [2.75, 3.05) is 14.1 Å². The number of furan rings is 1. The highest BCUT2D eigenvalue weighted by Crippen LogP contribution is 2.24. The number of hydrogen-bond acceptors (Lipinski definition) is 5. The minimum atomic E-state index is -0.644. The van der Waals surface area contributed by atoms with Crippen LogP contribution in [-0.2, 0) is 0 Å². The zero-order valence-corrected chi connectivity index (χ0v) is 11.7. The van der Waals surface area contributed by atoms with Gasteiger partial charge in [0.05, 0.1) is 6.07 Å². The molecule has 1 saturated carbocycles. The number of rotatable bonds is 4. The average Bonchev–Trinajstić information content (AvgIpc) is 2.96. The van der Waals surface area contributed by atoms with Crippen LogP contribution in [0.25, 0.3) is 0 Å². The van der Waals surface area contributed by atoms with Gasteiger partial charge in [-0.1, -0.05) is 0 Å². The average molecular weight is 281 g/mol. The molecule has 7 heteroatoms. The monoisotopic (exact) mass is 281 g/mol. The summed E-state index contributed by atoms with van der Waals surface area (Å²) in [6.45, 7) is 0. The summed E-state index contributed by atoms with van der Waals surface area (Å²) in [5.41, 5.74) is 0. The molecule has 0 bridgehead atoms. The maximum atomic E-state index is 12.2. The molecule has 1 amide bonds. The van der Waals surface area contributed by atoms with Gasteiger partial charge in [-0.15, -0.1) is 0 Å². The summed E-state index contributed by atoms with van der Waals surface area (Å²) in [5, 5.41) is 13.8. The summed E-state index contributed by atoms with van der Waals surface area (Å²) in [7, 11) is 3.67. The van der Waals surface area contributed by atoms with Gasteiger partial charge in [0.25, 0.3) is 5.91 Å². The van der Waals surface area contributed by atoms with E-state index in [1.807, 2.05) is 7.05 Å². The fraction of sp³-hybridized carbons (Fsp3) is 0.615. The zero-order valence-electron chi connectivity index (χ0n) is 11.7. The van der Waals surface area contributed by atoms with Gasteiger partial charge in [0, 0.05) is 19.1 Å². The molecule has 1 fully saturated rings. The topological polar surface area (TPSA) is 88.6 Å². The first-order valence-corrected chi connectivity index (χ1v) is 6.71. The Morgan fingerprint density at radius 2 is 2.05 bits per heavy atom. The second-order valence-electron chi connectivity index (χ2n) is 5.11. The Bertz CT molecular complexity index is 492. The van der Waals surface area contributed by atoms with E-state index < -0.39 is 10.8 Å². The molecule has 110 valence electrons. The van der Waals surface area contributed by atoms with Gasteiger partial charge in [-0.2, -0.15) is 0 Å². The van der Waals surface area contributed by atoms with Crippen LogP contribution in [0.5, 0.6) is 0 Å². The van der Waals surface area contributed by atoms with Crippen molar-refractivity contribution < 1.29 is 14.1 Å². The fourth-order valence-corrected chi connectivity index (χ4v) is 2.63. The standard InChI is InChI=1S/C13H19N3O4/c1-14-9-3-5-10(6-4-9)15(2)13(17)11-7-8-12(20-11)16(18)19/h7-10,14H,3-6H2,1-2H3. The molecule has 1 heterocycles. The number of nitro groups is 1. The lowest BCUT2D eigenvalue weighted by Crippen LogP contribution is -2.42. The molecule has 0 aliphatic heterocycles. The first-order valence-electron chi connectivity index (χ1n) is 6.71.